The van der Waals surface area contributed by atoms with E-state index in [0.29, 0.717) is 42.6 Å². The second-order valence-electron chi connectivity index (χ2n) is 6.33. The molecule has 2 aromatic carbocycles. The van der Waals surface area contributed by atoms with Crippen molar-refractivity contribution in [3.63, 3.8) is 0 Å². The molecule has 0 spiro atoms. The Hall–Kier alpha value is -2.09. The average molecular weight is 439 g/mol. The molecule has 0 atom stereocenters. The van der Waals surface area contributed by atoms with Crippen LogP contribution in [0.3, 0.4) is 0 Å². The highest BCUT2D eigenvalue weighted by molar-refractivity contribution is 7.89. The fraction of sp³-hybridized carbons (Fsp3) is 0.381. The Labute approximate surface area is 177 Å². The van der Waals surface area contributed by atoms with Gasteiger partial charge in [-0.05, 0) is 43.2 Å². The molecule has 0 saturated heterocycles. The van der Waals surface area contributed by atoms with E-state index >= 15 is 0 Å². The lowest BCUT2D eigenvalue weighted by Crippen LogP contribution is -2.30. The molecule has 29 heavy (non-hydrogen) atoms. The molecule has 0 aliphatic heterocycles. The van der Waals surface area contributed by atoms with Crippen molar-refractivity contribution < 1.29 is 17.9 Å². The van der Waals surface area contributed by atoms with Gasteiger partial charge >= 0.3 is 0 Å². The topological polar surface area (TPSA) is 75.7 Å². The van der Waals surface area contributed by atoms with E-state index in [9.17, 15) is 13.2 Å². The maximum absolute atomic E-state index is 12.5. The van der Waals surface area contributed by atoms with E-state index in [4.69, 9.17) is 16.3 Å². The van der Waals surface area contributed by atoms with Crippen LogP contribution in [0.25, 0.3) is 0 Å². The summed E-state index contributed by atoms with van der Waals surface area (Å²) in [5.74, 6) is 0.282. The molecule has 6 nitrogen and oxygen atoms in total. The Balaban J connectivity index is 2.01. The molecule has 1 N–H and O–H groups in total. The van der Waals surface area contributed by atoms with Crippen LogP contribution >= 0.6 is 11.6 Å². The van der Waals surface area contributed by atoms with Crippen molar-refractivity contribution in [3.05, 3.63) is 53.1 Å². The summed E-state index contributed by atoms with van der Waals surface area (Å²) in [6.07, 6.45) is 0.738. The lowest BCUT2D eigenvalue weighted by Gasteiger charge is -2.18. The van der Waals surface area contributed by atoms with E-state index in [0.717, 1.165) is 5.56 Å². The number of hydrogen-bond acceptors (Lipinski definition) is 4. The molecule has 158 valence electrons. The zero-order chi connectivity index (χ0) is 21.4. The fourth-order valence-electron chi connectivity index (χ4n) is 2.91. The molecule has 0 radical (unpaired) electrons. The van der Waals surface area contributed by atoms with Gasteiger partial charge in [-0.25, -0.2) is 8.42 Å². The van der Waals surface area contributed by atoms with Crippen molar-refractivity contribution in [2.45, 2.75) is 38.5 Å². The van der Waals surface area contributed by atoms with Gasteiger partial charge < -0.3 is 10.1 Å². The number of anilines is 1. The van der Waals surface area contributed by atoms with Gasteiger partial charge in [-0.2, -0.15) is 4.31 Å². The van der Waals surface area contributed by atoms with Crippen LogP contribution in [0.2, 0.25) is 5.02 Å². The monoisotopic (exact) mass is 438 g/mol. The summed E-state index contributed by atoms with van der Waals surface area (Å²) in [4.78, 5) is 12.6. The normalized spacial score (nSPS) is 11.5. The molecule has 0 aliphatic rings. The lowest BCUT2D eigenvalue weighted by atomic mass is 10.1. The van der Waals surface area contributed by atoms with Crippen molar-refractivity contribution >= 4 is 33.2 Å². The van der Waals surface area contributed by atoms with E-state index in [1.807, 2.05) is 20.8 Å². The second kappa shape index (κ2) is 10.6. The first-order valence-electron chi connectivity index (χ1n) is 9.63. The number of aryl methyl sites for hydroxylation is 1. The number of rotatable bonds is 10. The third-order valence-corrected chi connectivity index (χ3v) is 6.80. The van der Waals surface area contributed by atoms with E-state index in [-0.39, 0.29) is 17.2 Å². The first kappa shape index (κ1) is 23.2. The predicted molar refractivity (Wildman–Crippen MR) is 116 cm³/mol. The molecule has 0 heterocycles. The van der Waals surface area contributed by atoms with Crippen LogP contribution in [0.1, 0.15) is 32.8 Å². The molecular weight excluding hydrogens is 412 g/mol. The highest BCUT2D eigenvalue weighted by Gasteiger charge is 2.21. The highest BCUT2D eigenvalue weighted by Crippen LogP contribution is 2.33. The van der Waals surface area contributed by atoms with E-state index in [1.54, 1.807) is 42.5 Å². The van der Waals surface area contributed by atoms with Crippen LogP contribution in [0.5, 0.6) is 5.75 Å². The van der Waals surface area contributed by atoms with Crippen LogP contribution in [0, 0.1) is 0 Å². The van der Waals surface area contributed by atoms with Gasteiger partial charge in [0.05, 0.1) is 22.2 Å². The quantitative estimate of drug-likeness (QED) is 0.598. The molecule has 2 aromatic rings. The Bertz CT molecular complexity index is 926. The predicted octanol–water partition coefficient (Wildman–Crippen LogP) is 4.34. The zero-order valence-electron chi connectivity index (χ0n) is 16.9. The number of amides is 1. The Morgan fingerprint density at radius 2 is 1.72 bits per heavy atom. The molecule has 8 heteroatoms. The molecular formula is C21H27ClN2O4S. The van der Waals surface area contributed by atoms with Crippen LogP contribution in [-0.4, -0.2) is 38.3 Å². The summed E-state index contributed by atoms with van der Waals surface area (Å²) in [7, 11) is -3.48. The number of ether oxygens (including phenoxy) is 1. The van der Waals surface area contributed by atoms with Crippen LogP contribution in [0.15, 0.2) is 47.4 Å². The van der Waals surface area contributed by atoms with E-state index in [1.165, 1.54) is 4.31 Å². The summed E-state index contributed by atoms with van der Waals surface area (Å²) in [5, 5.41) is 3.26. The molecule has 0 aliphatic carbocycles. The minimum absolute atomic E-state index is 0.173. The van der Waals surface area contributed by atoms with Gasteiger partial charge in [0, 0.05) is 19.5 Å². The SMILES string of the molecule is CCOc1c(Cl)cccc1NC(=O)CCc1ccc(S(=O)(=O)N(CC)CC)cc1. The van der Waals surface area contributed by atoms with Gasteiger partial charge in [-0.3, -0.25) is 4.79 Å². The first-order chi connectivity index (χ1) is 13.8. The average Bonchev–Trinajstić information content (AvgIpc) is 2.70. The maximum Gasteiger partial charge on any atom is 0.243 e. The number of nitrogens with one attached hydrogen (secondary N) is 1. The number of carbonyl (C=O) groups excluding carboxylic acids is 1. The lowest BCUT2D eigenvalue weighted by molar-refractivity contribution is -0.116. The van der Waals surface area contributed by atoms with Crippen LogP contribution in [0.4, 0.5) is 5.69 Å². The van der Waals surface area contributed by atoms with Crippen molar-refractivity contribution in [1.82, 2.24) is 4.31 Å². The molecule has 0 bridgehead atoms. The molecule has 1 amide bonds. The first-order valence-corrected chi connectivity index (χ1v) is 11.5. The fourth-order valence-corrected chi connectivity index (χ4v) is 4.60. The van der Waals surface area contributed by atoms with Gasteiger partial charge in [0.25, 0.3) is 0 Å². The third-order valence-electron chi connectivity index (χ3n) is 4.44. The summed E-state index contributed by atoms with van der Waals surface area (Å²) < 4.78 is 32.0. The molecule has 0 aromatic heterocycles. The summed E-state index contributed by atoms with van der Waals surface area (Å²) in [6, 6.07) is 11.9. The van der Waals surface area contributed by atoms with Gasteiger partial charge in [0.2, 0.25) is 15.9 Å². The molecule has 2 rings (SSSR count). The van der Waals surface area contributed by atoms with Crippen molar-refractivity contribution in [1.29, 1.82) is 0 Å². The van der Waals surface area contributed by atoms with Gasteiger partial charge in [0.15, 0.2) is 5.75 Å². The van der Waals surface area contributed by atoms with E-state index in [2.05, 4.69) is 5.32 Å². The van der Waals surface area contributed by atoms with Crippen molar-refractivity contribution in [2.24, 2.45) is 0 Å². The number of halogens is 1. The van der Waals surface area contributed by atoms with Crippen molar-refractivity contribution in [3.8, 4) is 5.75 Å². The van der Waals surface area contributed by atoms with Gasteiger partial charge in [-0.1, -0.05) is 43.6 Å². The standard InChI is InChI=1S/C21H27ClN2O4S/c1-4-24(5-2)29(26,27)17-13-10-16(11-14-17)12-15-20(25)23-19-9-7-8-18(22)21(19)28-6-3/h7-11,13-14H,4-6,12,15H2,1-3H3,(H,23,25). The van der Waals surface area contributed by atoms with Gasteiger partial charge in [0.1, 0.15) is 0 Å². The Kier molecular flexibility index (Phi) is 8.49. The Morgan fingerprint density at radius 3 is 2.31 bits per heavy atom. The van der Waals surface area contributed by atoms with Crippen molar-refractivity contribution in [2.75, 3.05) is 25.0 Å². The highest BCUT2D eigenvalue weighted by atomic mass is 35.5. The Morgan fingerprint density at radius 1 is 1.07 bits per heavy atom. The minimum Gasteiger partial charge on any atom is -0.490 e. The number of sulfonamides is 1. The van der Waals surface area contributed by atoms with Crippen LogP contribution < -0.4 is 10.1 Å². The number of carbonyl (C=O) groups is 1. The van der Waals surface area contributed by atoms with E-state index < -0.39 is 10.0 Å². The summed E-state index contributed by atoms with van der Waals surface area (Å²) >= 11 is 6.13. The number of para-hydroxylation sites is 1. The maximum atomic E-state index is 12.5. The number of hydrogen-bond donors (Lipinski definition) is 1. The largest absolute Gasteiger partial charge is 0.490 e. The number of nitrogens with zero attached hydrogens (tertiary/aromatic N) is 1. The third kappa shape index (κ3) is 5.95. The molecule has 0 saturated carbocycles. The summed E-state index contributed by atoms with van der Waals surface area (Å²) in [5.41, 5.74) is 1.42. The molecule has 0 unspecified atom stereocenters. The molecule has 0 fully saturated rings. The smallest absolute Gasteiger partial charge is 0.243 e. The minimum atomic E-state index is -3.48. The summed E-state index contributed by atoms with van der Waals surface area (Å²) in [6.45, 7) is 6.76. The van der Waals surface area contributed by atoms with Gasteiger partial charge in [-0.15, -0.1) is 0 Å². The number of benzene rings is 2. The second-order valence-corrected chi connectivity index (χ2v) is 8.68. The zero-order valence-corrected chi connectivity index (χ0v) is 18.5. The van der Waals surface area contributed by atoms with Crippen LogP contribution in [-0.2, 0) is 21.2 Å².